The topological polar surface area (TPSA) is 251 Å². The molecule has 0 fully saturated rings. The average Bonchev–Trinajstić information content (AvgIpc) is 2.61. The van der Waals surface area contributed by atoms with Crippen molar-refractivity contribution in [3.8, 4) is 0 Å². The minimum absolute atomic E-state index is 0.304. The molecule has 4 unspecified atom stereocenters. The number of amides is 4. The van der Waals surface area contributed by atoms with Crippen LogP contribution in [0.25, 0.3) is 0 Å². The Balaban J connectivity index is 5.19. The summed E-state index contributed by atoms with van der Waals surface area (Å²) >= 11 is 3.74. The third kappa shape index (κ3) is 9.72. The number of rotatable bonds is 13. The highest BCUT2D eigenvalue weighted by atomic mass is 32.1. The number of hydrogen-bond donors (Lipinski definition) is 9. The Bertz CT molecular complexity index is 659. The van der Waals surface area contributed by atoms with E-state index in [4.69, 9.17) is 21.7 Å². The van der Waals surface area contributed by atoms with Crippen LogP contribution in [0.4, 0.5) is 0 Å². The van der Waals surface area contributed by atoms with Crippen LogP contribution in [0, 0.1) is 0 Å². The molecule has 14 nitrogen and oxygen atoms in total. The molecular weight excluding hydrogens is 414 g/mol. The van der Waals surface area contributed by atoms with Gasteiger partial charge in [-0.15, -0.1) is 0 Å². The van der Waals surface area contributed by atoms with E-state index in [1.54, 1.807) is 0 Å². The van der Waals surface area contributed by atoms with Gasteiger partial charge in [-0.2, -0.15) is 12.6 Å². The Morgan fingerprint density at radius 2 is 1.31 bits per heavy atom. The number of thiol groups is 1. The van der Waals surface area contributed by atoms with E-state index >= 15 is 0 Å². The lowest BCUT2D eigenvalue weighted by Crippen LogP contribution is -2.58. The standard InChI is InChI=1S/C14H23N5O9S/c15-5(1-9(16)21)11(24)18-7(3-20)13(26)17-6(2-10(22)23)12(25)19-8(4-29)14(27)28/h5-8,20,29H,1-4,15H2,(H2,16,21)(H,17,26)(H,18,24)(H,19,25)(H,22,23)(H,27,28). The zero-order chi connectivity index (χ0) is 22.7. The van der Waals surface area contributed by atoms with Gasteiger partial charge in [-0.1, -0.05) is 0 Å². The molecule has 4 amide bonds. The normalized spacial score (nSPS) is 14.6. The molecule has 0 aromatic heterocycles. The van der Waals surface area contributed by atoms with Gasteiger partial charge < -0.3 is 42.7 Å². The van der Waals surface area contributed by atoms with Crippen molar-refractivity contribution in [3.05, 3.63) is 0 Å². The molecule has 0 aliphatic carbocycles. The lowest BCUT2D eigenvalue weighted by molar-refractivity contribution is -0.143. The van der Waals surface area contributed by atoms with Crippen molar-refractivity contribution in [2.45, 2.75) is 37.0 Å². The number of carbonyl (C=O) groups is 6. The van der Waals surface area contributed by atoms with Gasteiger partial charge in [-0.3, -0.25) is 24.0 Å². The molecule has 164 valence electrons. The molecule has 29 heavy (non-hydrogen) atoms. The number of carbonyl (C=O) groups excluding carboxylic acids is 4. The maximum atomic E-state index is 12.2. The van der Waals surface area contributed by atoms with Crippen LogP contribution in [0.1, 0.15) is 12.8 Å². The first-order chi connectivity index (χ1) is 13.4. The van der Waals surface area contributed by atoms with E-state index in [-0.39, 0.29) is 5.75 Å². The van der Waals surface area contributed by atoms with E-state index in [1.807, 2.05) is 16.0 Å². The predicted molar refractivity (Wildman–Crippen MR) is 98.4 cm³/mol. The molecule has 0 radical (unpaired) electrons. The molecule has 0 saturated carbocycles. The number of aliphatic hydroxyl groups excluding tert-OH is 1. The van der Waals surface area contributed by atoms with Crippen LogP contribution in [0.5, 0.6) is 0 Å². The fourth-order valence-corrected chi connectivity index (χ4v) is 2.14. The average molecular weight is 437 g/mol. The van der Waals surface area contributed by atoms with Crippen LogP contribution < -0.4 is 27.4 Å². The van der Waals surface area contributed by atoms with E-state index < -0.39 is 79.2 Å². The lowest BCUT2D eigenvalue weighted by Gasteiger charge is -2.23. The summed E-state index contributed by atoms with van der Waals surface area (Å²) in [6.07, 6.45) is -1.44. The number of hydrogen-bond acceptors (Lipinski definition) is 9. The van der Waals surface area contributed by atoms with Gasteiger partial charge in [0, 0.05) is 5.75 Å². The molecule has 0 rings (SSSR count). The summed E-state index contributed by atoms with van der Waals surface area (Å²) in [5.74, 6) is -7.39. The SMILES string of the molecule is NC(=O)CC(N)C(=O)NC(CO)C(=O)NC(CC(=O)O)C(=O)NC(CS)C(=O)O. The van der Waals surface area contributed by atoms with Crippen molar-refractivity contribution in [2.24, 2.45) is 11.5 Å². The zero-order valence-corrected chi connectivity index (χ0v) is 15.9. The Kier molecular flexibility index (Phi) is 11.3. The number of carboxylic acid groups (broad SMARTS) is 2. The van der Waals surface area contributed by atoms with Crippen molar-refractivity contribution in [1.29, 1.82) is 0 Å². The monoisotopic (exact) mass is 437 g/mol. The number of aliphatic carboxylic acids is 2. The fourth-order valence-electron chi connectivity index (χ4n) is 1.90. The smallest absolute Gasteiger partial charge is 0.327 e. The molecule has 0 aliphatic rings. The Labute approximate surface area is 169 Å². The molecular formula is C14H23N5O9S. The number of aliphatic hydroxyl groups is 1. The van der Waals surface area contributed by atoms with Gasteiger partial charge in [-0.05, 0) is 0 Å². The second-order valence-electron chi connectivity index (χ2n) is 5.76. The minimum Gasteiger partial charge on any atom is -0.481 e. The van der Waals surface area contributed by atoms with Crippen LogP contribution in [-0.2, 0) is 28.8 Å². The van der Waals surface area contributed by atoms with Crippen molar-refractivity contribution >= 4 is 48.2 Å². The molecule has 15 heteroatoms. The van der Waals surface area contributed by atoms with Crippen molar-refractivity contribution in [3.63, 3.8) is 0 Å². The molecule has 0 aromatic carbocycles. The molecule has 0 saturated heterocycles. The summed E-state index contributed by atoms with van der Waals surface area (Å²) < 4.78 is 0. The van der Waals surface area contributed by atoms with Gasteiger partial charge in [0.15, 0.2) is 0 Å². The van der Waals surface area contributed by atoms with Gasteiger partial charge >= 0.3 is 11.9 Å². The zero-order valence-electron chi connectivity index (χ0n) is 15.0. The lowest BCUT2D eigenvalue weighted by atomic mass is 10.1. The van der Waals surface area contributed by atoms with Gasteiger partial charge in [0.1, 0.15) is 18.1 Å². The molecule has 10 N–H and O–H groups in total. The highest BCUT2D eigenvalue weighted by Crippen LogP contribution is 1.99. The summed E-state index contributed by atoms with van der Waals surface area (Å²) in [7, 11) is 0. The second kappa shape index (κ2) is 12.5. The summed E-state index contributed by atoms with van der Waals surface area (Å²) in [6.45, 7) is -0.948. The third-order valence-corrected chi connectivity index (χ3v) is 3.75. The summed E-state index contributed by atoms with van der Waals surface area (Å²) in [4.78, 5) is 68.9. The molecule has 0 aromatic rings. The number of carboxylic acids is 2. The number of nitrogens with one attached hydrogen (secondary N) is 3. The van der Waals surface area contributed by atoms with Crippen LogP contribution >= 0.6 is 12.6 Å². The van der Waals surface area contributed by atoms with E-state index in [2.05, 4.69) is 12.6 Å². The van der Waals surface area contributed by atoms with Crippen molar-refractivity contribution in [2.75, 3.05) is 12.4 Å². The molecule has 0 bridgehead atoms. The van der Waals surface area contributed by atoms with Crippen molar-refractivity contribution in [1.82, 2.24) is 16.0 Å². The first-order valence-corrected chi connectivity index (χ1v) is 8.67. The largest absolute Gasteiger partial charge is 0.481 e. The first-order valence-electron chi connectivity index (χ1n) is 8.04. The maximum Gasteiger partial charge on any atom is 0.327 e. The number of nitrogens with two attached hydrogens (primary N) is 2. The quantitative estimate of drug-likeness (QED) is 0.124. The maximum absolute atomic E-state index is 12.2. The van der Waals surface area contributed by atoms with Crippen LogP contribution in [-0.4, -0.2) is 87.4 Å². The van der Waals surface area contributed by atoms with E-state index in [9.17, 15) is 33.9 Å². The first kappa shape index (κ1) is 26.1. The fraction of sp³-hybridized carbons (Fsp3) is 0.571. The highest BCUT2D eigenvalue weighted by Gasteiger charge is 2.31. The summed E-state index contributed by atoms with van der Waals surface area (Å²) in [6, 6.07) is -6.20. The Morgan fingerprint density at radius 3 is 1.72 bits per heavy atom. The third-order valence-electron chi connectivity index (χ3n) is 3.38. The molecule has 0 spiro atoms. The van der Waals surface area contributed by atoms with E-state index in [0.29, 0.717) is 0 Å². The second-order valence-corrected chi connectivity index (χ2v) is 6.13. The highest BCUT2D eigenvalue weighted by molar-refractivity contribution is 7.80. The molecule has 0 aliphatic heterocycles. The van der Waals surface area contributed by atoms with Gasteiger partial charge in [0.05, 0.1) is 25.5 Å². The predicted octanol–water partition coefficient (Wildman–Crippen LogP) is -4.88. The van der Waals surface area contributed by atoms with Gasteiger partial charge in [0.2, 0.25) is 23.6 Å². The van der Waals surface area contributed by atoms with Crippen LogP contribution in [0.15, 0.2) is 0 Å². The van der Waals surface area contributed by atoms with Crippen molar-refractivity contribution < 1.29 is 44.1 Å². The van der Waals surface area contributed by atoms with Crippen LogP contribution in [0.2, 0.25) is 0 Å². The number of primary amides is 1. The van der Waals surface area contributed by atoms with Gasteiger partial charge in [-0.25, -0.2) is 4.79 Å². The summed E-state index contributed by atoms with van der Waals surface area (Å²) in [5.41, 5.74) is 10.3. The van der Waals surface area contributed by atoms with Gasteiger partial charge in [0.25, 0.3) is 0 Å². The van der Waals surface area contributed by atoms with E-state index in [0.717, 1.165) is 0 Å². The minimum atomic E-state index is -1.72. The molecule has 0 heterocycles. The van der Waals surface area contributed by atoms with E-state index in [1.165, 1.54) is 0 Å². The Morgan fingerprint density at radius 1 is 0.828 bits per heavy atom. The summed E-state index contributed by atoms with van der Waals surface area (Å²) in [5, 5.41) is 33.1. The molecule has 4 atom stereocenters. The Hall–Kier alpha value is -2.91. The van der Waals surface area contributed by atoms with Crippen LogP contribution in [0.3, 0.4) is 0 Å².